The number of pyridine rings is 2. The molecule has 29 heavy (non-hydrogen) atoms. The summed E-state index contributed by atoms with van der Waals surface area (Å²) in [5, 5.41) is 9.84. The zero-order valence-corrected chi connectivity index (χ0v) is 15.7. The van der Waals surface area contributed by atoms with Crippen LogP contribution in [0.25, 0.3) is 0 Å². The number of allylic oxidation sites excluding steroid dienone is 4. The molecule has 0 aromatic carbocycles. The minimum atomic E-state index is 0.601. The topological polar surface area (TPSA) is 89.8 Å². The predicted octanol–water partition coefficient (Wildman–Crippen LogP) is 2.91. The average Bonchev–Trinajstić information content (AvgIpc) is 2.74. The molecule has 0 amide bonds. The van der Waals surface area contributed by atoms with E-state index in [2.05, 4.69) is 35.9 Å². The van der Waals surface area contributed by atoms with E-state index in [9.17, 15) is 0 Å². The Balaban J connectivity index is 1.62. The number of anilines is 2. The highest BCUT2D eigenvalue weighted by Gasteiger charge is 2.12. The highest BCUT2D eigenvalue weighted by molar-refractivity contribution is 5.98. The number of hydrogen-bond acceptors (Lipinski definition) is 8. The first kappa shape index (κ1) is 16.9. The van der Waals surface area contributed by atoms with Gasteiger partial charge in [-0.05, 0) is 48.6 Å². The summed E-state index contributed by atoms with van der Waals surface area (Å²) in [5.41, 5.74) is 0. The van der Waals surface area contributed by atoms with Crippen molar-refractivity contribution in [3.8, 4) is 0 Å². The highest BCUT2D eigenvalue weighted by atomic mass is 15.3. The lowest BCUT2D eigenvalue weighted by Crippen LogP contribution is -2.38. The normalized spacial score (nSPS) is 17.1. The molecular formula is C21H18N8. The highest BCUT2D eigenvalue weighted by Crippen LogP contribution is 2.24. The van der Waals surface area contributed by atoms with Gasteiger partial charge in [0.1, 0.15) is 34.9 Å². The molecule has 0 saturated carbocycles. The largest absolute Gasteiger partial charge is 0.328 e. The Labute approximate surface area is 167 Å². The van der Waals surface area contributed by atoms with Crippen LogP contribution >= 0.6 is 0 Å². The van der Waals surface area contributed by atoms with Gasteiger partial charge in [-0.1, -0.05) is 24.3 Å². The minimum Gasteiger partial charge on any atom is -0.328 e. The molecular weight excluding hydrogens is 364 g/mol. The third-order valence-corrected chi connectivity index (χ3v) is 4.43. The van der Waals surface area contributed by atoms with Crippen molar-refractivity contribution in [2.75, 3.05) is 11.9 Å². The average molecular weight is 382 g/mol. The molecule has 8 heteroatoms. The number of aromatic nitrogens is 2. The van der Waals surface area contributed by atoms with Crippen molar-refractivity contribution in [1.82, 2.24) is 25.9 Å². The Hall–Kier alpha value is -4.20. The molecule has 0 radical (unpaired) electrons. The number of hydrogen-bond donors (Lipinski definition) is 3. The van der Waals surface area contributed by atoms with Gasteiger partial charge in [-0.25, -0.2) is 20.0 Å². The summed E-state index contributed by atoms with van der Waals surface area (Å²) in [5.74, 6) is 5.65. The fraction of sp³-hybridized carbons (Fsp3) is 0.0476. The molecule has 3 aliphatic rings. The molecule has 3 aliphatic heterocycles. The van der Waals surface area contributed by atoms with Crippen LogP contribution in [0.3, 0.4) is 0 Å². The van der Waals surface area contributed by atoms with Gasteiger partial charge >= 0.3 is 0 Å². The Morgan fingerprint density at radius 3 is 1.72 bits per heavy atom. The molecule has 8 bridgehead atoms. The van der Waals surface area contributed by atoms with Crippen molar-refractivity contribution in [3.63, 3.8) is 0 Å². The van der Waals surface area contributed by atoms with E-state index in [0.29, 0.717) is 23.3 Å². The maximum atomic E-state index is 4.65. The number of aliphatic imine (C=N–C) groups is 2. The van der Waals surface area contributed by atoms with Gasteiger partial charge < -0.3 is 20.9 Å². The number of nitrogens with one attached hydrogen (secondary N) is 3. The molecule has 0 unspecified atom stereocenters. The van der Waals surface area contributed by atoms with Gasteiger partial charge in [0.25, 0.3) is 0 Å². The first-order chi connectivity index (χ1) is 14.2. The summed E-state index contributed by atoms with van der Waals surface area (Å²) in [4.78, 5) is 20.5. The monoisotopic (exact) mass is 382 g/mol. The zero-order valence-electron chi connectivity index (χ0n) is 15.7. The van der Waals surface area contributed by atoms with Gasteiger partial charge in [0.2, 0.25) is 0 Å². The maximum Gasteiger partial charge on any atom is 0.156 e. The predicted molar refractivity (Wildman–Crippen MR) is 115 cm³/mol. The van der Waals surface area contributed by atoms with E-state index in [-0.39, 0.29) is 0 Å². The molecule has 5 rings (SSSR count). The van der Waals surface area contributed by atoms with Gasteiger partial charge in [-0.15, -0.1) is 0 Å². The second-order valence-corrected chi connectivity index (χ2v) is 6.51. The summed E-state index contributed by atoms with van der Waals surface area (Å²) in [6.45, 7) is 0. The molecule has 5 heterocycles. The van der Waals surface area contributed by atoms with Crippen LogP contribution in [0.1, 0.15) is 0 Å². The standard InChI is InChI=1S/C21H18N8/c1-29-20-12-4-10-18(27-20)25-16-8-2-6-14(23-16)22-15-7-3-9-17(24-15)26-19-11-5-13-21(29)28-19/h2-13H,1H3,(H3,22,23,24,25,26,27,28). The van der Waals surface area contributed by atoms with Gasteiger partial charge in [0, 0.05) is 7.05 Å². The Kier molecular flexibility index (Phi) is 4.14. The molecule has 0 atom stereocenters. The number of nitrogens with zero attached hydrogens (tertiary/aromatic N) is 5. The van der Waals surface area contributed by atoms with Crippen LogP contribution < -0.4 is 20.9 Å². The van der Waals surface area contributed by atoms with E-state index >= 15 is 0 Å². The second kappa shape index (κ2) is 7.08. The van der Waals surface area contributed by atoms with Crippen molar-refractivity contribution >= 4 is 34.9 Å². The van der Waals surface area contributed by atoms with E-state index in [4.69, 9.17) is 0 Å². The van der Waals surface area contributed by atoms with Crippen LogP contribution in [-0.4, -0.2) is 28.7 Å². The third-order valence-electron chi connectivity index (χ3n) is 4.43. The molecule has 0 aliphatic carbocycles. The molecule has 8 nitrogen and oxygen atoms in total. The van der Waals surface area contributed by atoms with E-state index in [1.165, 1.54) is 0 Å². The lowest BCUT2D eigenvalue weighted by molar-refractivity contribution is 0.831. The SMILES string of the molecule is CN1c2cccc(n2)N=C2C=CC=C(NC3=CC=CC(=Nc4cccc1n4)N3)N2. The molecule has 0 saturated heterocycles. The Morgan fingerprint density at radius 1 is 0.690 bits per heavy atom. The molecule has 142 valence electrons. The Morgan fingerprint density at radius 2 is 1.21 bits per heavy atom. The van der Waals surface area contributed by atoms with Crippen LogP contribution in [0.4, 0.5) is 23.3 Å². The minimum absolute atomic E-state index is 0.601. The van der Waals surface area contributed by atoms with Crippen molar-refractivity contribution in [2.45, 2.75) is 0 Å². The lowest BCUT2D eigenvalue weighted by atomic mass is 10.3. The van der Waals surface area contributed by atoms with Crippen LogP contribution in [0.2, 0.25) is 0 Å². The number of rotatable bonds is 0. The van der Waals surface area contributed by atoms with Crippen molar-refractivity contribution < 1.29 is 0 Å². The van der Waals surface area contributed by atoms with Crippen molar-refractivity contribution in [2.24, 2.45) is 9.98 Å². The number of fused-ring (bicyclic) bond motifs is 8. The van der Waals surface area contributed by atoms with Gasteiger partial charge in [0.05, 0.1) is 0 Å². The van der Waals surface area contributed by atoms with E-state index in [0.717, 1.165) is 23.3 Å². The van der Waals surface area contributed by atoms with Crippen molar-refractivity contribution in [1.29, 1.82) is 0 Å². The van der Waals surface area contributed by atoms with Crippen LogP contribution in [0.5, 0.6) is 0 Å². The smallest absolute Gasteiger partial charge is 0.156 e. The number of amidine groups is 2. The van der Waals surface area contributed by atoms with Crippen LogP contribution in [0.15, 0.2) is 94.5 Å². The second-order valence-electron chi connectivity index (χ2n) is 6.51. The zero-order chi connectivity index (χ0) is 19.6. The summed E-state index contributed by atoms with van der Waals surface area (Å²) in [6.07, 6.45) is 11.5. The van der Waals surface area contributed by atoms with Crippen LogP contribution in [-0.2, 0) is 0 Å². The fourth-order valence-corrected chi connectivity index (χ4v) is 3.02. The number of dihydropyridines is 2. The molecule has 2 aromatic rings. The summed E-state index contributed by atoms with van der Waals surface area (Å²) in [7, 11) is 1.92. The van der Waals surface area contributed by atoms with Gasteiger partial charge in [0.15, 0.2) is 11.6 Å². The quantitative estimate of drug-likeness (QED) is 0.649. The molecule has 0 spiro atoms. The summed E-state index contributed by atoms with van der Waals surface area (Å²) >= 11 is 0. The maximum absolute atomic E-state index is 4.65. The van der Waals surface area contributed by atoms with E-state index in [1.54, 1.807) is 0 Å². The van der Waals surface area contributed by atoms with Crippen molar-refractivity contribution in [3.05, 3.63) is 84.5 Å². The molecule has 2 aromatic heterocycles. The third kappa shape index (κ3) is 3.63. The first-order valence-corrected chi connectivity index (χ1v) is 9.16. The fourth-order valence-electron chi connectivity index (χ4n) is 3.02. The Bertz CT molecular complexity index is 1060. The molecule has 0 fully saturated rings. The summed E-state index contributed by atoms with van der Waals surface area (Å²) < 4.78 is 0. The summed E-state index contributed by atoms with van der Waals surface area (Å²) in [6, 6.07) is 11.4. The van der Waals surface area contributed by atoms with E-state index < -0.39 is 0 Å². The van der Waals surface area contributed by atoms with Crippen LogP contribution in [0, 0.1) is 0 Å². The first-order valence-electron chi connectivity index (χ1n) is 9.16. The van der Waals surface area contributed by atoms with Gasteiger partial charge in [-0.2, -0.15) is 0 Å². The van der Waals surface area contributed by atoms with E-state index in [1.807, 2.05) is 84.8 Å². The molecule has 3 N–H and O–H groups in total. The lowest BCUT2D eigenvalue weighted by Gasteiger charge is -2.21. The van der Waals surface area contributed by atoms with Gasteiger partial charge in [-0.3, -0.25) is 0 Å².